The van der Waals surface area contributed by atoms with E-state index in [9.17, 15) is 9.90 Å². The Morgan fingerprint density at radius 3 is 3.05 bits per heavy atom. The zero-order chi connectivity index (χ0) is 14.3. The van der Waals surface area contributed by atoms with Crippen molar-refractivity contribution >= 4 is 17.3 Å². The molecule has 0 spiro atoms. The molecule has 2 heterocycles. The lowest BCUT2D eigenvalue weighted by Crippen LogP contribution is -2.47. The van der Waals surface area contributed by atoms with E-state index in [4.69, 9.17) is 4.74 Å². The Bertz CT molecular complexity index is 546. The summed E-state index contributed by atoms with van der Waals surface area (Å²) in [6.45, 7) is 3.94. The second-order valence-corrected chi connectivity index (χ2v) is 5.84. The van der Waals surface area contributed by atoms with E-state index in [1.165, 1.54) is 0 Å². The van der Waals surface area contributed by atoms with Crippen LogP contribution in [0.2, 0.25) is 0 Å². The maximum absolute atomic E-state index is 11.5. The average Bonchev–Trinajstić information content (AvgIpc) is 2.74. The van der Waals surface area contributed by atoms with Crippen LogP contribution >= 0.6 is 0 Å². The van der Waals surface area contributed by atoms with Gasteiger partial charge in [0.1, 0.15) is 0 Å². The smallest absolute Gasteiger partial charge is 0.257 e. The lowest BCUT2D eigenvalue weighted by Gasteiger charge is -2.40. The summed E-state index contributed by atoms with van der Waals surface area (Å²) in [5.41, 5.74) is 2.30. The quantitative estimate of drug-likeness (QED) is 0.862. The molecule has 2 aliphatic heterocycles. The molecule has 2 atom stereocenters. The number of aliphatic hydroxyl groups excluding tert-OH is 1. The van der Waals surface area contributed by atoms with Crippen LogP contribution in [-0.4, -0.2) is 36.8 Å². The van der Waals surface area contributed by atoms with E-state index < -0.39 is 6.10 Å². The van der Waals surface area contributed by atoms with Crippen LogP contribution in [0.25, 0.3) is 0 Å². The monoisotopic (exact) mass is 276 g/mol. The highest BCUT2D eigenvalue weighted by Gasteiger charge is 2.33. The number of rotatable bonds is 2. The first-order valence-corrected chi connectivity index (χ1v) is 6.95. The van der Waals surface area contributed by atoms with Gasteiger partial charge in [-0.1, -0.05) is 6.07 Å². The van der Waals surface area contributed by atoms with Crippen molar-refractivity contribution in [3.8, 4) is 0 Å². The second kappa shape index (κ2) is 4.75. The maximum atomic E-state index is 11.5. The number of benzene rings is 1. The number of nitrogens with zero attached hydrogens (tertiary/aromatic N) is 1. The van der Waals surface area contributed by atoms with Crippen molar-refractivity contribution in [2.45, 2.75) is 31.5 Å². The normalized spacial score (nSPS) is 29.2. The Morgan fingerprint density at radius 1 is 1.50 bits per heavy atom. The molecule has 1 fully saturated rings. The largest absolute Gasteiger partial charge is 0.378 e. The molecule has 2 N–H and O–H groups in total. The minimum absolute atomic E-state index is 0.125. The summed E-state index contributed by atoms with van der Waals surface area (Å²) in [6, 6.07) is 5.72. The molecule has 0 radical (unpaired) electrons. The van der Waals surface area contributed by atoms with Gasteiger partial charge in [-0.05, 0) is 31.9 Å². The van der Waals surface area contributed by atoms with Crippen LogP contribution in [-0.2, 0) is 9.53 Å². The number of methoxy groups -OCH3 is 1. The first-order valence-electron chi connectivity index (χ1n) is 6.95. The molecule has 2 aliphatic rings. The number of nitrogens with one attached hydrogen (secondary N) is 1. The number of aliphatic hydroxyl groups is 1. The Kier molecular flexibility index (Phi) is 3.18. The van der Waals surface area contributed by atoms with Gasteiger partial charge in [0.2, 0.25) is 0 Å². The second-order valence-electron chi connectivity index (χ2n) is 5.84. The third-order valence-electron chi connectivity index (χ3n) is 4.35. The molecular formula is C15H20N2O3. The van der Waals surface area contributed by atoms with Gasteiger partial charge in [-0.3, -0.25) is 4.79 Å². The van der Waals surface area contributed by atoms with E-state index in [2.05, 4.69) is 17.1 Å². The van der Waals surface area contributed by atoms with Gasteiger partial charge in [0.15, 0.2) is 6.10 Å². The summed E-state index contributed by atoms with van der Waals surface area (Å²) >= 11 is 0. The van der Waals surface area contributed by atoms with E-state index in [1.807, 2.05) is 18.2 Å². The van der Waals surface area contributed by atoms with Crippen molar-refractivity contribution in [3.63, 3.8) is 0 Å². The Labute approximate surface area is 118 Å². The minimum atomic E-state index is -1.04. The number of fused-ring (bicyclic) bond motifs is 1. The molecule has 1 saturated heterocycles. The van der Waals surface area contributed by atoms with Gasteiger partial charge < -0.3 is 20.1 Å². The van der Waals surface area contributed by atoms with Crippen LogP contribution in [0.4, 0.5) is 11.4 Å². The van der Waals surface area contributed by atoms with Crippen LogP contribution in [0.1, 0.15) is 31.4 Å². The molecular weight excluding hydrogens is 256 g/mol. The highest BCUT2D eigenvalue weighted by Crippen LogP contribution is 2.35. The number of carbonyl (C=O) groups excluding carboxylic acids is 1. The molecule has 0 aromatic heterocycles. The Balaban J connectivity index is 1.85. The highest BCUT2D eigenvalue weighted by molar-refractivity contribution is 6.02. The van der Waals surface area contributed by atoms with Gasteiger partial charge in [-0.15, -0.1) is 0 Å². The predicted molar refractivity (Wildman–Crippen MR) is 76.9 cm³/mol. The number of hydrogen-bond donors (Lipinski definition) is 2. The predicted octanol–water partition coefficient (Wildman–Crippen LogP) is 1.68. The fourth-order valence-electron chi connectivity index (χ4n) is 3.02. The summed E-state index contributed by atoms with van der Waals surface area (Å²) in [7, 11) is 1.75. The molecule has 0 bridgehead atoms. The van der Waals surface area contributed by atoms with Gasteiger partial charge in [-0.2, -0.15) is 0 Å². The van der Waals surface area contributed by atoms with Crippen molar-refractivity contribution in [3.05, 3.63) is 23.8 Å². The van der Waals surface area contributed by atoms with Crippen LogP contribution in [0.3, 0.4) is 0 Å². The number of hydrogen-bond acceptors (Lipinski definition) is 4. The Morgan fingerprint density at radius 2 is 2.30 bits per heavy atom. The number of anilines is 2. The van der Waals surface area contributed by atoms with Crippen molar-refractivity contribution < 1.29 is 14.6 Å². The summed E-state index contributed by atoms with van der Waals surface area (Å²) in [4.78, 5) is 13.7. The molecule has 1 aromatic carbocycles. The number of carbonyl (C=O) groups is 1. The summed E-state index contributed by atoms with van der Waals surface area (Å²) in [5, 5.41) is 12.4. The highest BCUT2D eigenvalue weighted by atomic mass is 16.5. The molecule has 1 aromatic rings. The third kappa shape index (κ3) is 2.17. The average molecular weight is 276 g/mol. The summed E-state index contributed by atoms with van der Waals surface area (Å²) in [5.74, 6) is -0.350. The molecule has 0 saturated carbocycles. The fourth-order valence-corrected chi connectivity index (χ4v) is 3.02. The van der Waals surface area contributed by atoms with Crippen molar-refractivity contribution in [2.75, 3.05) is 30.4 Å². The van der Waals surface area contributed by atoms with Crippen molar-refractivity contribution in [2.24, 2.45) is 0 Å². The maximum Gasteiger partial charge on any atom is 0.257 e. The summed E-state index contributed by atoms with van der Waals surface area (Å²) in [6.07, 6.45) is 1.10. The van der Waals surface area contributed by atoms with Crippen LogP contribution in [0, 0.1) is 0 Å². The van der Waals surface area contributed by atoms with Gasteiger partial charge in [0.25, 0.3) is 5.91 Å². The van der Waals surface area contributed by atoms with Gasteiger partial charge >= 0.3 is 0 Å². The summed E-state index contributed by atoms with van der Waals surface area (Å²) < 4.78 is 5.61. The Hall–Kier alpha value is -1.59. The molecule has 20 heavy (non-hydrogen) atoms. The zero-order valence-corrected chi connectivity index (χ0v) is 11.8. The van der Waals surface area contributed by atoms with E-state index in [0.717, 1.165) is 31.6 Å². The standard InChI is InChI=1S/C15H20N2O3/c1-15(20-2)6-3-7-17(9-15)10-4-5-11-12(8-10)16-14(19)13(11)18/h4-5,8,13,18H,3,6-7,9H2,1-2H3,(H,16,19). The SMILES string of the molecule is COC1(C)CCCN(c2ccc3c(c2)NC(=O)C3O)C1. The van der Waals surface area contributed by atoms with Crippen LogP contribution < -0.4 is 10.2 Å². The molecule has 1 amide bonds. The molecule has 5 heteroatoms. The first kappa shape index (κ1) is 13.4. The van der Waals surface area contributed by atoms with Crippen LogP contribution in [0.15, 0.2) is 18.2 Å². The number of amides is 1. The molecule has 108 valence electrons. The lowest BCUT2D eigenvalue weighted by molar-refractivity contribution is -0.123. The van der Waals surface area contributed by atoms with Crippen LogP contribution in [0.5, 0.6) is 0 Å². The van der Waals surface area contributed by atoms with Crippen molar-refractivity contribution in [1.29, 1.82) is 0 Å². The molecule has 3 rings (SSSR count). The zero-order valence-electron chi connectivity index (χ0n) is 11.8. The van der Waals surface area contributed by atoms with E-state index in [1.54, 1.807) is 7.11 Å². The topological polar surface area (TPSA) is 61.8 Å². The number of ether oxygens (including phenoxy) is 1. The lowest BCUT2D eigenvalue weighted by atomic mass is 9.94. The van der Waals surface area contributed by atoms with Gasteiger partial charge in [0, 0.05) is 37.1 Å². The number of piperidine rings is 1. The van der Waals surface area contributed by atoms with Crippen molar-refractivity contribution in [1.82, 2.24) is 0 Å². The molecule has 5 nitrogen and oxygen atoms in total. The van der Waals surface area contributed by atoms with Gasteiger partial charge in [-0.25, -0.2) is 0 Å². The fraction of sp³-hybridized carbons (Fsp3) is 0.533. The van der Waals surface area contributed by atoms with E-state index >= 15 is 0 Å². The molecule has 0 aliphatic carbocycles. The van der Waals surface area contributed by atoms with E-state index in [0.29, 0.717) is 11.3 Å². The van der Waals surface area contributed by atoms with Gasteiger partial charge in [0.05, 0.1) is 5.60 Å². The first-order chi connectivity index (χ1) is 9.52. The van der Waals surface area contributed by atoms with E-state index in [-0.39, 0.29) is 11.5 Å². The minimum Gasteiger partial charge on any atom is -0.378 e. The molecule has 2 unspecified atom stereocenters. The third-order valence-corrected chi connectivity index (χ3v) is 4.35.